The SMILES string of the molecule is CC(C)(C)OC(=O)N(CCNC1CSCCC1(C)C)C1CC1. The van der Waals surface area contributed by atoms with Crippen molar-refractivity contribution in [2.45, 2.75) is 71.6 Å². The second-order valence-electron chi connectivity index (χ2n) is 8.23. The van der Waals surface area contributed by atoms with Crippen molar-refractivity contribution in [2.24, 2.45) is 5.41 Å². The van der Waals surface area contributed by atoms with Crippen molar-refractivity contribution in [3.8, 4) is 0 Å². The van der Waals surface area contributed by atoms with E-state index < -0.39 is 5.60 Å². The van der Waals surface area contributed by atoms with E-state index in [0.29, 0.717) is 17.5 Å². The molecule has 1 N–H and O–H groups in total. The summed E-state index contributed by atoms with van der Waals surface area (Å²) in [7, 11) is 0. The fourth-order valence-corrected chi connectivity index (χ4v) is 4.40. The van der Waals surface area contributed by atoms with E-state index in [-0.39, 0.29) is 6.09 Å². The first kappa shape index (κ1) is 17.9. The first-order chi connectivity index (χ1) is 10.2. The van der Waals surface area contributed by atoms with Crippen LogP contribution in [0.2, 0.25) is 0 Å². The van der Waals surface area contributed by atoms with Crippen molar-refractivity contribution < 1.29 is 9.53 Å². The van der Waals surface area contributed by atoms with Gasteiger partial charge >= 0.3 is 6.09 Å². The monoisotopic (exact) mass is 328 g/mol. The number of hydrogen-bond donors (Lipinski definition) is 1. The molecule has 1 saturated heterocycles. The summed E-state index contributed by atoms with van der Waals surface area (Å²) < 4.78 is 5.54. The van der Waals surface area contributed by atoms with Crippen LogP contribution in [0.25, 0.3) is 0 Å². The van der Waals surface area contributed by atoms with Crippen molar-refractivity contribution in [2.75, 3.05) is 24.6 Å². The highest BCUT2D eigenvalue weighted by Crippen LogP contribution is 2.34. The number of rotatable bonds is 5. The van der Waals surface area contributed by atoms with Gasteiger partial charge in [0.05, 0.1) is 0 Å². The third kappa shape index (κ3) is 5.34. The molecule has 0 aromatic carbocycles. The van der Waals surface area contributed by atoms with Gasteiger partial charge in [-0.05, 0) is 51.2 Å². The molecule has 2 fully saturated rings. The molecule has 1 amide bonds. The molecule has 5 heteroatoms. The minimum atomic E-state index is -0.417. The molecule has 1 aliphatic carbocycles. The molecule has 1 aliphatic heterocycles. The zero-order valence-electron chi connectivity index (χ0n) is 14.8. The maximum atomic E-state index is 12.3. The smallest absolute Gasteiger partial charge is 0.410 e. The third-order valence-electron chi connectivity index (χ3n) is 4.48. The number of amides is 1. The van der Waals surface area contributed by atoms with E-state index in [1.54, 1.807) is 0 Å². The van der Waals surface area contributed by atoms with Gasteiger partial charge in [-0.25, -0.2) is 4.79 Å². The Morgan fingerprint density at radius 2 is 2.05 bits per heavy atom. The molecule has 0 aromatic heterocycles. The summed E-state index contributed by atoms with van der Waals surface area (Å²) in [5.41, 5.74) is -0.0682. The molecular weight excluding hydrogens is 296 g/mol. The summed E-state index contributed by atoms with van der Waals surface area (Å²) in [6.45, 7) is 12.1. The quantitative estimate of drug-likeness (QED) is 0.838. The minimum Gasteiger partial charge on any atom is -0.444 e. The molecule has 1 heterocycles. The second-order valence-corrected chi connectivity index (χ2v) is 9.37. The van der Waals surface area contributed by atoms with Crippen LogP contribution in [0.4, 0.5) is 4.79 Å². The van der Waals surface area contributed by atoms with Crippen LogP contribution in [-0.4, -0.2) is 53.3 Å². The van der Waals surface area contributed by atoms with E-state index in [4.69, 9.17) is 4.74 Å². The first-order valence-corrected chi connectivity index (χ1v) is 9.65. The molecule has 1 unspecified atom stereocenters. The van der Waals surface area contributed by atoms with Crippen LogP contribution in [0.3, 0.4) is 0 Å². The number of carbonyl (C=O) groups is 1. The molecule has 0 aromatic rings. The van der Waals surface area contributed by atoms with E-state index in [9.17, 15) is 4.79 Å². The standard InChI is InChI=1S/C17H32N2O2S/c1-16(2,3)21-15(20)19(13-6-7-13)10-9-18-14-12-22-11-8-17(14,4)5/h13-14,18H,6-12H2,1-5H3. The predicted molar refractivity (Wildman–Crippen MR) is 93.5 cm³/mol. The zero-order chi connectivity index (χ0) is 16.4. The van der Waals surface area contributed by atoms with Crippen LogP contribution in [0.15, 0.2) is 0 Å². The molecule has 2 aliphatic rings. The number of hydrogen-bond acceptors (Lipinski definition) is 4. The minimum absolute atomic E-state index is 0.158. The van der Waals surface area contributed by atoms with Gasteiger partial charge in [0, 0.05) is 30.9 Å². The van der Waals surface area contributed by atoms with Crippen LogP contribution in [-0.2, 0) is 4.74 Å². The van der Waals surface area contributed by atoms with Crippen molar-refractivity contribution in [1.29, 1.82) is 0 Å². The fourth-order valence-electron chi connectivity index (χ4n) is 2.76. The van der Waals surface area contributed by atoms with Crippen molar-refractivity contribution >= 4 is 17.9 Å². The molecule has 2 rings (SSSR count). The van der Waals surface area contributed by atoms with Gasteiger partial charge < -0.3 is 15.0 Å². The highest BCUT2D eigenvalue weighted by Gasteiger charge is 2.36. The Morgan fingerprint density at radius 1 is 1.36 bits per heavy atom. The molecule has 1 atom stereocenters. The lowest BCUT2D eigenvalue weighted by atomic mass is 9.82. The van der Waals surface area contributed by atoms with Gasteiger partial charge in [-0.3, -0.25) is 0 Å². The van der Waals surface area contributed by atoms with Crippen molar-refractivity contribution in [1.82, 2.24) is 10.2 Å². The van der Waals surface area contributed by atoms with Gasteiger partial charge in [-0.2, -0.15) is 11.8 Å². The fraction of sp³-hybridized carbons (Fsp3) is 0.941. The Kier molecular flexibility index (Phi) is 5.70. The van der Waals surface area contributed by atoms with Gasteiger partial charge in [-0.1, -0.05) is 13.8 Å². The number of thioether (sulfide) groups is 1. The number of carbonyl (C=O) groups excluding carboxylic acids is 1. The second kappa shape index (κ2) is 7.00. The Balaban J connectivity index is 1.81. The van der Waals surface area contributed by atoms with E-state index in [2.05, 4.69) is 19.2 Å². The Labute approximate surface area is 139 Å². The van der Waals surface area contributed by atoms with Gasteiger partial charge in [-0.15, -0.1) is 0 Å². The Hall–Kier alpha value is -0.420. The molecule has 0 bridgehead atoms. The number of nitrogens with zero attached hydrogens (tertiary/aromatic N) is 1. The van der Waals surface area contributed by atoms with Crippen LogP contribution >= 0.6 is 11.8 Å². The third-order valence-corrected chi connectivity index (χ3v) is 5.54. The first-order valence-electron chi connectivity index (χ1n) is 8.50. The lowest BCUT2D eigenvalue weighted by Crippen LogP contribution is -2.49. The molecule has 4 nitrogen and oxygen atoms in total. The summed E-state index contributed by atoms with van der Waals surface area (Å²) in [4.78, 5) is 14.2. The summed E-state index contributed by atoms with van der Waals surface area (Å²) in [5.74, 6) is 2.43. The van der Waals surface area contributed by atoms with Crippen molar-refractivity contribution in [3.05, 3.63) is 0 Å². The lowest BCUT2D eigenvalue weighted by molar-refractivity contribution is 0.0233. The van der Waals surface area contributed by atoms with Gasteiger partial charge in [0.2, 0.25) is 0 Å². The average Bonchev–Trinajstić information content (AvgIpc) is 3.18. The van der Waals surface area contributed by atoms with E-state index in [0.717, 1.165) is 25.9 Å². The Morgan fingerprint density at radius 3 is 2.59 bits per heavy atom. The van der Waals surface area contributed by atoms with Gasteiger partial charge in [0.25, 0.3) is 0 Å². The number of ether oxygens (including phenoxy) is 1. The van der Waals surface area contributed by atoms with Crippen LogP contribution in [0, 0.1) is 5.41 Å². The average molecular weight is 329 g/mol. The lowest BCUT2D eigenvalue weighted by Gasteiger charge is -2.39. The largest absolute Gasteiger partial charge is 0.444 e. The highest BCUT2D eigenvalue weighted by atomic mass is 32.2. The zero-order valence-corrected chi connectivity index (χ0v) is 15.6. The number of nitrogens with one attached hydrogen (secondary N) is 1. The summed E-state index contributed by atoms with van der Waals surface area (Å²) in [6, 6.07) is 0.927. The molecular formula is C17H32N2O2S. The Bertz CT molecular complexity index is 389. The maximum Gasteiger partial charge on any atom is 0.410 e. The maximum absolute atomic E-state index is 12.3. The summed E-state index contributed by atoms with van der Waals surface area (Å²) >= 11 is 2.03. The van der Waals surface area contributed by atoms with Gasteiger partial charge in [0.1, 0.15) is 5.60 Å². The molecule has 128 valence electrons. The van der Waals surface area contributed by atoms with Crippen LogP contribution < -0.4 is 5.32 Å². The molecule has 0 radical (unpaired) electrons. The topological polar surface area (TPSA) is 41.6 Å². The van der Waals surface area contributed by atoms with Gasteiger partial charge in [0.15, 0.2) is 0 Å². The summed E-state index contributed by atoms with van der Waals surface area (Å²) in [6.07, 6.45) is 3.33. The van der Waals surface area contributed by atoms with E-state index >= 15 is 0 Å². The normalized spacial score (nSPS) is 24.9. The molecule has 1 saturated carbocycles. The highest BCUT2D eigenvalue weighted by molar-refractivity contribution is 7.99. The van der Waals surface area contributed by atoms with Crippen LogP contribution in [0.1, 0.15) is 53.9 Å². The van der Waals surface area contributed by atoms with E-state index in [1.807, 2.05) is 37.4 Å². The summed E-state index contributed by atoms with van der Waals surface area (Å²) in [5, 5.41) is 3.67. The van der Waals surface area contributed by atoms with Crippen LogP contribution in [0.5, 0.6) is 0 Å². The molecule has 0 spiro atoms. The van der Waals surface area contributed by atoms with E-state index in [1.165, 1.54) is 17.9 Å². The predicted octanol–water partition coefficient (Wildman–Crippen LogP) is 3.51. The van der Waals surface area contributed by atoms with Crippen molar-refractivity contribution in [3.63, 3.8) is 0 Å². The molecule has 22 heavy (non-hydrogen) atoms.